The van der Waals surface area contributed by atoms with E-state index >= 15 is 0 Å². The molecule has 1 aromatic heterocycles. The molecule has 2 aliphatic heterocycles. The molecule has 0 saturated carbocycles. The SMILES string of the molecule is Brc1ccsc1CN1C[C@H]2CNC[C@H]2C1. The molecule has 0 aromatic carbocycles. The third kappa shape index (κ3) is 2.00. The fraction of sp³-hybridized carbons (Fsp3) is 0.636. The van der Waals surface area contributed by atoms with E-state index in [1.165, 1.54) is 35.5 Å². The minimum absolute atomic E-state index is 0.906. The molecule has 2 aliphatic rings. The molecule has 0 aliphatic carbocycles. The Kier molecular flexibility index (Phi) is 2.85. The first kappa shape index (κ1) is 10.3. The zero-order valence-electron chi connectivity index (χ0n) is 8.58. The Morgan fingerprint density at radius 1 is 1.40 bits per heavy atom. The Bertz CT molecular complexity index is 340. The van der Waals surface area contributed by atoms with Crippen LogP contribution in [0.25, 0.3) is 0 Å². The number of nitrogens with one attached hydrogen (secondary N) is 1. The number of fused-ring (bicyclic) bond motifs is 1. The molecule has 0 amide bonds. The Morgan fingerprint density at radius 3 is 2.73 bits per heavy atom. The van der Waals surface area contributed by atoms with Crippen LogP contribution in [-0.4, -0.2) is 31.1 Å². The van der Waals surface area contributed by atoms with Gasteiger partial charge in [-0.2, -0.15) is 0 Å². The van der Waals surface area contributed by atoms with Gasteiger partial charge in [0.05, 0.1) is 0 Å². The van der Waals surface area contributed by atoms with Crippen LogP contribution in [0.15, 0.2) is 15.9 Å². The van der Waals surface area contributed by atoms with Gasteiger partial charge in [0.25, 0.3) is 0 Å². The molecular formula is C11H15BrN2S. The van der Waals surface area contributed by atoms with Crippen molar-refractivity contribution in [2.75, 3.05) is 26.2 Å². The first-order valence-corrected chi connectivity index (χ1v) is 7.15. The van der Waals surface area contributed by atoms with E-state index in [0.717, 1.165) is 18.4 Å². The third-order valence-corrected chi connectivity index (χ3v) is 5.43. The van der Waals surface area contributed by atoms with E-state index in [-0.39, 0.29) is 0 Å². The minimum atomic E-state index is 0.906. The summed E-state index contributed by atoms with van der Waals surface area (Å²) in [5, 5.41) is 5.65. The van der Waals surface area contributed by atoms with E-state index in [1.807, 2.05) is 11.3 Å². The van der Waals surface area contributed by atoms with E-state index in [9.17, 15) is 0 Å². The third-order valence-electron chi connectivity index (χ3n) is 3.52. The van der Waals surface area contributed by atoms with Crippen molar-refractivity contribution in [1.82, 2.24) is 10.2 Å². The molecule has 82 valence electrons. The van der Waals surface area contributed by atoms with Crippen LogP contribution in [0.1, 0.15) is 4.88 Å². The molecule has 1 N–H and O–H groups in total. The average Bonchev–Trinajstić information content (AvgIpc) is 2.83. The summed E-state index contributed by atoms with van der Waals surface area (Å²) < 4.78 is 1.28. The molecule has 0 spiro atoms. The summed E-state index contributed by atoms with van der Waals surface area (Å²) in [4.78, 5) is 4.08. The first-order valence-electron chi connectivity index (χ1n) is 5.48. The number of likely N-dealkylation sites (tertiary alicyclic amines) is 1. The zero-order valence-corrected chi connectivity index (χ0v) is 11.0. The fourth-order valence-electron chi connectivity index (χ4n) is 2.72. The van der Waals surface area contributed by atoms with Gasteiger partial charge in [-0.3, -0.25) is 4.90 Å². The van der Waals surface area contributed by atoms with Gasteiger partial charge in [0.2, 0.25) is 0 Å². The van der Waals surface area contributed by atoms with Crippen LogP contribution in [0.4, 0.5) is 0 Å². The summed E-state index contributed by atoms with van der Waals surface area (Å²) in [7, 11) is 0. The van der Waals surface area contributed by atoms with Crippen LogP contribution < -0.4 is 5.32 Å². The van der Waals surface area contributed by atoms with Gasteiger partial charge in [-0.15, -0.1) is 11.3 Å². The second-order valence-electron chi connectivity index (χ2n) is 4.56. The summed E-state index contributed by atoms with van der Waals surface area (Å²) in [5.74, 6) is 1.81. The van der Waals surface area contributed by atoms with E-state index < -0.39 is 0 Å². The highest BCUT2D eigenvalue weighted by Gasteiger charge is 2.35. The lowest BCUT2D eigenvalue weighted by molar-refractivity contribution is 0.308. The Morgan fingerprint density at radius 2 is 2.13 bits per heavy atom. The largest absolute Gasteiger partial charge is 0.316 e. The zero-order chi connectivity index (χ0) is 10.3. The summed E-state index contributed by atoms with van der Waals surface area (Å²) in [6.07, 6.45) is 0. The van der Waals surface area contributed by atoms with E-state index in [4.69, 9.17) is 0 Å². The van der Waals surface area contributed by atoms with Crippen LogP contribution >= 0.6 is 27.3 Å². The predicted molar refractivity (Wildman–Crippen MR) is 67.1 cm³/mol. The summed E-state index contributed by atoms with van der Waals surface area (Å²) in [6.45, 7) is 6.15. The highest BCUT2D eigenvalue weighted by atomic mass is 79.9. The molecule has 3 heterocycles. The van der Waals surface area contributed by atoms with Crippen LogP contribution in [0, 0.1) is 11.8 Å². The summed E-state index contributed by atoms with van der Waals surface area (Å²) >= 11 is 5.47. The lowest BCUT2D eigenvalue weighted by Gasteiger charge is -2.15. The number of hydrogen-bond acceptors (Lipinski definition) is 3. The number of halogens is 1. The number of nitrogens with zero attached hydrogens (tertiary/aromatic N) is 1. The van der Waals surface area contributed by atoms with Crippen LogP contribution in [0.5, 0.6) is 0 Å². The van der Waals surface area contributed by atoms with Gasteiger partial charge in [-0.25, -0.2) is 0 Å². The number of thiophene rings is 1. The van der Waals surface area contributed by atoms with Gasteiger partial charge < -0.3 is 5.32 Å². The maximum absolute atomic E-state index is 3.61. The fourth-order valence-corrected chi connectivity index (χ4v) is 4.24. The molecule has 3 rings (SSSR count). The molecule has 0 bridgehead atoms. The molecule has 0 radical (unpaired) electrons. The first-order chi connectivity index (χ1) is 7.33. The van der Waals surface area contributed by atoms with Crippen LogP contribution in [0.2, 0.25) is 0 Å². The van der Waals surface area contributed by atoms with Gasteiger partial charge in [-0.1, -0.05) is 0 Å². The van der Waals surface area contributed by atoms with Gasteiger partial charge in [0.1, 0.15) is 0 Å². The molecule has 2 saturated heterocycles. The van der Waals surface area contributed by atoms with Crippen molar-refractivity contribution in [3.63, 3.8) is 0 Å². The monoisotopic (exact) mass is 286 g/mol. The van der Waals surface area contributed by atoms with Crippen LogP contribution in [-0.2, 0) is 6.54 Å². The maximum Gasteiger partial charge on any atom is 0.0339 e. The van der Waals surface area contributed by atoms with Gasteiger partial charge in [0.15, 0.2) is 0 Å². The van der Waals surface area contributed by atoms with E-state index in [0.29, 0.717) is 0 Å². The second kappa shape index (κ2) is 4.17. The Labute approximate surface area is 103 Å². The molecule has 4 heteroatoms. The van der Waals surface area contributed by atoms with Crippen molar-refractivity contribution in [2.24, 2.45) is 11.8 Å². The van der Waals surface area contributed by atoms with E-state index in [1.54, 1.807) is 0 Å². The van der Waals surface area contributed by atoms with Crippen molar-refractivity contribution in [1.29, 1.82) is 0 Å². The highest BCUT2D eigenvalue weighted by Crippen LogP contribution is 2.30. The number of hydrogen-bond donors (Lipinski definition) is 1. The standard InChI is InChI=1S/C11H15BrN2S/c12-10-1-2-15-11(10)7-14-5-8-3-13-4-9(8)6-14/h1-2,8-9,13H,3-7H2/t8-,9+. The van der Waals surface area contributed by atoms with Gasteiger partial charge in [0, 0.05) is 29.0 Å². The second-order valence-corrected chi connectivity index (χ2v) is 6.42. The number of rotatable bonds is 2. The molecule has 2 fully saturated rings. The molecule has 15 heavy (non-hydrogen) atoms. The van der Waals surface area contributed by atoms with Gasteiger partial charge >= 0.3 is 0 Å². The van der Waals surface area contributed by atoms with Crippen molar-refractivity contribution >= 4 is 27.3 Å². The van der Waals surface area contributed by atoms with Crippen molar-refractivity contribution in [3.8, 4) is 0 Å². The molecule has 2 atom stereocenters. The maximum atomic E-state index is 3.61. The molecule has 0 unspecified atom stereocenters. The summed E-state index contributed by atoms with van der Waals surface area (Å²) in [5.41, 5.74) is 0. The quantitative estimate of drug-likeness (QED) is 0.896. The van der Waals surface area contributed by atoms with Crippen LogP contribution in [0.3, 0.4) is 0 Å². The molecule has 1 aromatic rings. The predicted octanol–water partition coefficient (Wildman–Crippen LogP) is 2.16. The molecular weight excluding hydrogens is 272 g/mol. The van der Waals surface area contributed by atoms with Crippen molar-refractivity contribution < 1.29 is 0 Å². The Hall–Kier alpha value is 0.1000. The minimum Gasteiger partial charge on any atom is -0.316 e. The molecule has 2 nitrogen and oxygen atoms in total. The smallest absolute Gasteiger partial charge is 0.0339 e. The van der Waals surface area contributed by atoms with E-state index in [2.05, 4.69) is 37.6 Å². The lowest BCUT2D eigenvalue weighted by atomic mass is 10.0. The lowest BCUT2D eigenvalue weighted by Crippen LogP contribution is -2.25. The topological polar surface area (TPSA) is 15.3 Å². The summed E-state index contributed by atoms with van der Waals surface area (Å²) in [6, 6.07) is 2.15. The Balaban J connectivity index is 1.64. The average molecular weight is 287 g/mol. The van der Waals surface area contributed by atoms with Crippen molar-refractivity contribution in [2.45, 2.75) is 6.54 Å². The normalized spacial score (nSPS) is 31.0. The highest BCUT2D eigenvalue weighted by molar-refractivity contribution is 9.10. The van der Waals surface area contributed by atoms with Crippen molar-refractivity contribution in [3.05, 3.63) is 20.8 Å². The van der Waals surface area contributed by atoms with Gasteiger partial charge in [-0.05, 0) is 52.3 Å².